The van der Waals surface area contributed by atoms with Crippen LogP contribution in [0.4, 0.5) is 5.69 Å². The van der Waals surface area contributed by atoms with E-state index in [0.29, 0.717) is 11.7 Å². The molecule has 2 unspecified atom stereocenters. The summed E-state index contributed by atoms with van der Waals surface area (Å²) < 4.78 is 0.934. The summed E-state index contributed by atoms with van der Waals surface area (Å²) in [5, 5.41) is 0. The Balaban J connectivity index is 1.21. The van der Waals surface area contributed by atoms with Gasteiger partial charge in [-0.1, -0.05) is 40.2 Å². The molecule has 0 radical (unpaired) electrons. The molecule has 0 bridgehead atoms. The van der Waals surface area contributed by atoms with Crippen molar-refractivity contribution in [3.8, 4) is 0 Å². The minimum Gasteiger partial charge on any atom is -0.298 e. The molecule has 6 heteroatoms. The van der Waals surface area contributed by atoms with Gasteiger partial charge in [0.2, 0.25) is 5.91 Å². The van der Waals surface area contributed by atoms with E-state index >= 15 is 0 Å². The van der Waals surface area contributed by atoms with Gasteiger partial charge in [0.15, 0.2) is 0 Å². The van der Waals surface area contributed by atoms with Gasteiger partial charge < -0.3 is 0 Å². The molecule has 5 nitrogen and oxygen atoms in total. The number of rotatable bonds is 3. The lowest BCUT2D eigenvalue weighted by Gasteiger charge is -2.42. The fourth-order valence-corrected chi connectivity index (χ4v) is 5.43. The number of anilines is 1. The molecular weight excluding hydrogens is 442 g/mol. The predicted octanol–water partition coefficient (Wildman–Crippen LogP) is 3.26. The van der Waals surface area contributed by atoms with E-state index in [0.717, 1.165) is 43.5 Å². The first-order valence-corrected chi connectivity index (χ1v) is 11.6. The van der Waals surface area contributed by atoms with Crippen LogP contribution in [-0.2, 0) is 22.4 Å². The Morgan fingerprint density at radius 3 is 2.20 bits per heavy atom. The quantitative estimate of drug-likeness (QED) is 0.649. The van der Waals surface area contributed by atoms with Gasteiger partial charge >= 0.3 is 0 Å². The van der Waals surface area contributed by atoms with Crippen LogP contribution in [0.15, 0.2) is 53.0 Å². The largest absolute Gasteiger partial charge is 0.298 e. The fourth-order valence-electron chi connectivity index (χ4n) is 5.17. The molecule has 156 valence electrons. The van der Waals surface area contributed by atoms with Crippen molar-refractivity contribution in [1.82, 2.24) is 9.80 Å². The molecule has 2 heterocycles. The van der Waals surface area contributed by atoms with E-state index in [4.69, 9.17) is 0 Å². The van der Waals surface area contributed by atoms with Crippen molar-refractivity contribution in [3.63, 3.8) is 0 Å². The molecule has 2 aromatic rings. The highest BCUT2D eigenvalue weighted by Crippen LogP contribution is 2.29. The second-order valence-electron chi connectivity index (χ2n) is 8.50. The first-order chi connectivity index (χ1) is 14.6. The Labute approximate surface area is 185 Å². The Kier molecular flexibility index (Phi) is 5.48. The highest BCUT2D eigenvalue weighted by atomic mass is 79.9. The van der Waals surface area contributed by atoms with Crippen LogP contribution in [0.2, 0.25) is 0 Å². The van der Waals surface area contributed by atoms with Crippen LogP contribution >= 0.6 is 15.9 Å². The van der Waals surface area contributed by atoms with Crippen molar-refractivity contribution >= 4 is 33.4 Å². The normalized spacial score (nSPS) is 25.6. The van der Waals surface area contributed by atoms with Gasteiger partial charge in [-0.3, -0.25) is 19.4 Å². The van der Waals surface area contributed by atoms with Crippen molar-refractivity contribution in [3.05, 3.63) is 64.1 Å². The van der Waals surface area contributed by atoms with E-state index in [1.54, 1.807) is 0 Å². The summed E-state index contributed by atoms with van der Waals surface area (Å²) in [4.78, 5) is 31.8. The van der Waals surface area contributed by atoms with Gasteiger partial charge in [0, 0.05) is 36.7 Å². The number of hydrogen-bond acceptors (Lipinski definition) is 4. The number of fused-ring (bicyclic) bond motifs is 1. The monoisotopic (exact) mass is 467 g/mol. The van der Waals surface area contributed by atoms with E-state index in [1.165, 1.54) is 22.4 Å². The molecular formula is C24H26BrN3O2. The Morgan fingerprint density at radius 1 is 0.800 bits per heavy atom. The molecule has 2 amide bonds. The van der Waals surface area contributed by atoms with Crippen LogP contribution in [0.25, 0.3) is 0 Å². The summed E-state index contributed by atoms with van der Waals surface area (Å²) in [6, 6.07) is 16.4. The van der Waals surface area contributed by atoms with Crippen LogP contribution in [0.3, 0.4) is 0 Å². The van der Waals surface area contributed by atoms with Gasteiger partial charge in [0.1, 0.15) is 0 Å². The van der Waals surface area contributed by atoms with E-state index in [9.17, 15) is 9.59 Å². The Hall–Kier alpha value is -2.02. The molecule has 3 aliphatic rings. The summed E-state index contributed by atoms with van der Waals surface area (Å²) in [6.07, 6.45) is 3.76. The Bertz CT molecular complexity index is 953. The Morgan fingerprint density at radius 2 is 1.47 bits per heavy atom. The predicted molar refractivity (Wildman–Crippen MR) is 120 cm³/mol. The second-order valence-corrected chi connectivity index (χ2v) is 9.42. The molecule has 0 aromatic heterocycles. The van der Waals surface area contributed by atoms with Crippen molar-refractivity contribution < 1.29 is 9.59 Å². The van der Waals surface area contributed by atoms with Crippen molar-refractivity contribution in [1.29, 1.82) is 0 Å². The number of carbonyl (C=O) groups is 2. The molecule has 2 atom stereocenters. The molecule has 2 aliphatic heterocycles. The van der Waals surface area contributed by atoms with Crippen molar-refractivity contribution in [2.75, 3.05) is 31.1 Å². The summed E-state index contributed by atoms with van der Waals surface area (Å²) in [6.45, 7) is 3.61. The van der Waals surface area contributed by atoms with Gasteiger partial charge in [0.25, 0.3) is 5.91 Å². The molecule has 30 heavy (non-hydrogen) atoms. The first kappa shape index (κ1) is 19.9. The number of imide groups is 1. The van der Waals surface area contributed by atoms with Crippen LogP contribution < -0.4 is 4.90 Å². The zero-order valence-corrected chi connectivity index (χ0v) is 18.6. The minimum atomic E-state index is -0.324. The third-order valence-corrected chi connectivity index (χ3v) is 7.36. The summed E-state index contributed by atoms with van der Waals surface area (Å²) in [7, 11) is 0. The van der Waals surface area contributed by atoms with Crippen LogP contribution in [0, 0.1) is 0 Å². The molecule has 0 spiro atoms. The summed E-state index contributed by atoms with van der Waals surface area (Å²) in [5.41, 5.74) is 3.64. The molecule has 2 saturated heterocycles. The smallest absolute Gasteiger partial charge is 0.251 e. The third-order valence-electron chi connectivity index (χ3n) is 6.83. The highest BCUT2D eigenvalue weighted by molar-refractivity contribution is 9.10. The van der Waals surface area contributed by atoms with E-state index in [1.807, 2.05) is 24.3 Å². The van der Waals surface area contributed by atoms with E-state index < -0.39 is 0 Å². The number of carbonyl (C=O) groups excluding carboxylic acids is 2. The van der Waals surface area contributed by atoms with E-state index in [2.05, 4.69) is 50.0 Å². The van der Waals surface area contributed by atoms with Gasteiger partial charge in [0.05, 0.1) is 18.2 Å². The molecule has 5 rings (SSSR count). The number of piperazine rings is 1. The SMILES string of the molecule is O=C1CC(N2CCN(C3CCc4ccccc4C3)CC2)C(=O)N1c1ccc(Br)cc1. The maximum Gasteiger partial charge on any atom is 0.251 e. The van der Waals surface area contributed by atoms with Crippen LogP contribution in [-0.4, -0.2) is 59.9 Å². The second kappa shape index (κ2) is 8.25. The zero-order chi connectivity index (χ0) is 20.7. The maximum atomic E-state index is 13.1. The molecule has 2 aromatic carbocycles. The van der Waals surface area contributed by atoms with Crippen molar-refractivity contribution in [2.24, 2.45) is 0 Å². The molecule has 2 fully saturated rings. The number of amides is 2. The lowest BCUT2D eigenvalue weighted by atomic mass is 9.87. The molecule has 0 saturated carbocycles. The number of aryl methyl sites for hydroxylation is 1. The van der Waals surface area contributed by atoms with Gasteiger partial charge in [-0.15, -0.1) is 0 Å². The van der Waals surface area contributed by atoms with Gasteiger partial charge in [-0.05, 0) is 54.7 Å². The third kappa shape index (κ3) is 3.72. The fraction of sp³-hybridized carbons (Fsp3) is 0.417. The molecule has 1 aliphatic carbocycles. The lowest BCUT2D eigenvalue weighted by Crippen LogP contribution is -2.55. The van der Waals surface area contributed by atoms with Gasteiger partial charge in [-0.2, -0.15) is 0 Å². The zero-order valence-electron chi connectivity index (χ0n) is 17.0. The van der Waals surface area contributed by atoms with E-state index in [-0.39, 0.29) is 24.3 Å². The number of benzene rings is 2. The molecule has 0 N–H and O–H groups in total. The lowest BCUT2D eigenvalue weighted by molar-refractivity contribution is -0.123. The maximum absolute atomic E-state index is 13.1. The summed E-state index contributed by atoms with van der Waals surface area (Å²) >= 11 is 3.40. The average Bonchev–Trinajstić information content (AvgIpc) is 3.08. The minimum absolute atomic E-state index is 0.0811. The van der Waals surface area contributed by atoms with Crippen LogP contribution in [0.5, 0.6) is 0 Å². The van der Waals surface area contributed by atoms with Crippen molar-refractivity contribution in [2.45, 2.75) is 37.8 Å². The average molecular weight is 468 g/mol. The topological polar surface area (TPSA) is 43.9 Å². The number of halogens is 1. The first-order valence-electron chi connectivity index (χ1n) is 10.8. The standard InChI is InChI=1S/C24H26BrN3O2/c25-19-6-9-20(10-7-19)28-23(29)16-22(24(28)30)27-13-11-26(12-14-27)21-8-5-17-3-1-2-4-18(17)15-21/h1-4,6-7,9-10,21-22H,5,8,11-16H2. The van der Waals surface area contributed by atoms with Gasteiger partial charge in [-0.25, -0.2) is 4.90 Å². The highest BCUT2D eigenvalue weighted by Gasteiger charge is 2.43. The number of nitrogens with zero attached hydrogens (tertiary/aromatic N) is 3. The van der Waals surface area contributed by atoms with Crippen LogP contribution in [0.1, 0.15) is 24.0 Å². The number of hydrogen-bond donors (Lipinski definition) is 0. The summed E-state index contributed by atoms with van der Waals surface area (Å²) in [5.74, 6) is -0.180.